The molecule has 0 aromatic heterocycles. The molecule has 32 heavy (non-hydrogen) atoms. The number of fused-ring (bicyclic) bond motifs is 1. The molecule has 0 spiro atoms. The molecule has 0 aliphatic heterocycles. The summed E-state index contributed by atoms with van der Waals surface area (Å²) in [7, 11) is 0. The SMILES string of the molecule is CC(C)(C)CC(C)(C)OC(=O)c1cccc2c1C(C(=O)OC(C)(C)CC(C)(C)C)CCC2. The average Bonchev–Trinajstić information content (AvgIpc) is 2.55. The van der Waals surface area contributed by atoms with Crippen LogP contribution in [0.5, 0.6) is 0 Å². The van der Waals surface area contributed by atoms with Crippen molar-refractivity contribution in [1.82, 2.24) is 0 Å². The van der Waals surface area contributed by atoms with Crippen LogP contribution in [0.1, 0.15) is 122 Å². The molecule has 0 heterocycles. The van der Waals surface area contributed by atoms with Gasteiger partial charge in [-0.3, -0.25) is 4.79 Å². The van der Waals surface area contributed by atoms with Crippen molar-refractivity contribution < 1.29 is 19.1 Å². The molecule has 1 aromatic carbocycles. The van der Waals surface area contributed by atoms with Gasteiger partial charge in [0, 0.05) is 0 Å². The molecule has 1 aliphatic carbocycles. The van der Waals surface area contributed by atoms with Gasteiger partial charge in [0.2, 0.25) is 0 Å². The Balaban J connectivity index is 2.32. The first kappa shape index (κ1) is 26.4. The first-order chi connectivity index (χ1) is 14.4. The van der Waals surface area contributed by atoms with Gasteiger partial charge in [-0.15, -0.1) is 0 Å². The summed E-state index contributed by atoms with van der Waals surface area (Å²) >= 11 is 0. The van der Waals surface area contributed by atoms with E-state index in [2.05, 4.69) is 41.5 Å². The minimum absolute atomic E-state index is 0.0326. The maximum atomic E-state index is 13.3. The number of hydrogen-bond donors (Lipinski definition) is 0. The molecule has 0 amide bonds. The molecule has 1 aliphatic rings. The number of hydrogen-bond acceptors (Lipinski definition) is 4. The van der Waals surface area contributed by atoms with Crippen molar-refractivity contribution in [3.63, 3.8) is 0 Å². The lowest BCUT2D eigenvalue weighted by Gasteiger charge is -2.35. The smallest absolute Gasteiger partial charge is 0.338 e. The molecule has 0 saturated carbocycles. The van der Waals surface area contributed by atoms with Crippen molar-refractivity contribution >= 4 is 11.9 Å². The molecule has 0 N–H and O–H groups in total. The van der Waals surface area contributed by atoms with E-state index in [1.807, 2.05) is 39.8 Å². The third-order valence-electron chi connectivity index (χ3n) is 5.65. The highest BCUT2D eigenvalue weighted by molar-refractivity contribution is 5.94. The fourth-order valence-electron chi connectivity index (χ4n) is 5.57. The second kappa shape index (κ2) is 9.19. The van der Waals surface area contributed by atoms with Gasteiger partial charge in [0.05, 0.1) is 11.5 Å². The third kappa shape index (κ3) is 7.64. The molecule has 2 rings (SSSR count). The van der Waals surface area contributed by atoms with Gasteiger partial charge < -0.3 is 9.47 Å². The quantitative estimate of drug-likeness (QED) is 0.434. The number of ether oxygens (including phenoxy) is 2. The van der Waals surface area contributed by atoms with Crippen LogP contribution in [-0.2, 0) is 20.7 Å². The van der Waals surface area contributed by atoms with Crippen molar-refractivity contribution in [2.24, 2.45) is 10.8 Å². The minimum atomic E-state index is -0.600. The Morgan fingerprint density at radius 1 is 0.844 bits per heavy atom. The van der Waals surface area contributed by atoms with E-state index in [1.165, 1.54) is 0 Å². The molecular formula is C28H44O4. The summed E-state index contributed by atoms with van der Waals surface area (Å²) in [6.07, 6.45) is 3.95. The Morgan fingerprint density at radius 3 is 1.91 bits per heavy atom. The number of aryl methyl sites for hydroxylation is 1. The summed E-state index contributed by atoms with van der Waals surface area (Å²) < 4.78 is 12.0. The second-order valence-corrected chi connectivity index (χ2v) is 13.1. The highest BCUT2D eigenvalue weighted by atomic mass is 16.6. The van der Waals surface area contributed by atoms with Crippen LogP contribution in [0.4, 0.5) is 0 Å². The summed E-state index contributed by atoms with van der Waals surface area (Å²) in [6.45, 7) is 20.7. The third-order valence-corrected chi connectivity index (χ3v) is 5.65. The molecule has 4 nitrogen and oxygen atoms in total. The van der Waals surface area contributed by atoms with Gasteiger partial charge in [0.25, 0.3) is 0 Å². The zero-order chi connectivity index (χ0) is 24.5. The number of esters is 2. The van der Waals surface area contributed by atoms with Gasteiger partial charge in [-0.25, -0.2) is 4.79 Å². The van der Waals surface area contributed by atoms with Crippen LogP contribution in [0.15, 0.2) is 18.2 Å². The van der Waals surface area contributed by atoms with E-state index in [-0.39, 0.29) is 22.8 Å². The molecule has 1 unspecified atom stereocenters. The molecule has 180 valence electrons. The van der Waals surface area contributed by atoms with Gasteiger partial charge >= 0.3 is 11.9 Å². The summed E-state index contributed by atoms with van der Waals surface area (Å²) in [5, 5.41) is 0. The lowest BCUT2D eigenvalue weighted by molar-refractivity contribution is -0.161. The lowest BCUT2D eigenvalue weighted by atomic mass is 9.79. The molecule has 0 bridgehead atoms. The first-order valence-electron chi connectivity index (χ1n) is 12.0. The number of benzene rings is 1. The molecular weight excluding hydrogens is 400 g/mol. The highest BCUT2D eigenvalue weighted by Crippen LogP contribution is 2.39. The van der Waals surface area contributed by atoms with Gasteiger partial charge in [-0.1, -0.05) is 53.7 Å². The van der Waals surface area contributed by atoms with Gasteiger partial charge in [-0.2, -0.15) is 0 Å². The van der Waals surface area contributed by atoms with Crippen LogP contribution in [0, 0.1) is 10.8 Å². The predicted octanol–water partition coefficient (Wildman–Crippen LogP) is 7.24. The monoisotopic (exact) mass is 444 g/mol. The second-order valence-electron chi connectivity index (χ2n) is 13.1. The van der Waals surface area contributed by atoms with Crippen LogP contribution >= 0.6 is 0 Å². The van der Waals surface area contributed by atoms with Crippen LogP contribution < -0.4 is 0 Å². The topological polar surface area (TPSA) is 52.6 Å². The number of carbonyl (C=O) groups is 2. The number of rotatable bonds is 6. The maximum absolute atomic E-state index is 13.3. The summed E-state index contributed by atoms with van der Waals surface area (Å²) in [6, 6.07) is 5.70. The van der Waals surface area contributed by atoms with Crippen LogP contribution in [0.3, 0.4) is 0 Å². The van der Waals surface area contributed by atoms with E-state index in [9.17, 15) is 9.59 Å². The molecule has 1 atom stereocenters. The van der Waals surface area contributed by atoms with Crippen LogP contribution in [0.2, 0.25) is 0 Å². The molecule has 4 heteroatoms. The zero-order valence-corrected chi connectivity index (χ0v) is 22.0. The van der Waals surface area contributed by atoms with Crippen molar-refractivity contribution in [3.05, 3.63) is 34.9 Å². The maximum Gasteiger partial charge on any atom is 0.338 e. The normalized spacial score (nSPS) is 17.5. The van der Waals surface area contributed by atoms with Gasteiger partial charge in [0.15, 0.2) is 0 Å². The lowest BCUT2D eigenvalue weighted by Crippen LogP contribution is -2.36. The van der Waals surface area contributed by atoms with Crippen molar-refractivity contribution in [2.75, 3.05) is 0 Å². The van der Waals surface area contributed by atoms with E-state index in [1.54, 1.807) is 6.07 Å². The molecule has 1 aromatic rings. The Bertz CT molecular complexity index is 834. The Morgan fingerprint density at radius 2 is 1.38 bits per heavy atom. The van der Waals surface area contributed by atoms with E-state index in [0.717, 1.165) is 36.8 Å². The Labute approximate surface area is 195 Å². The number of carbonyl (C=O) groups excluding carboxylic acids is 2. The molecule has 0 radical (unpaired) electrons. The van der Waals surface area contributed by atoms with E-state index >= 15 is 0 Å². The van der Waals surface area contributed by atoms with E-state index in [0.29, 0.717) is 12.0 Å². The Hall–Kier alpha value is -1.84. The molecule has 0 saturated heterocycles. The predicted molar refractivity (Wildman–Crippen MR) is 130 cm³/mol. The van der Waals surface area contributed by atoms with Crippen molar-refractivity contribution in [1.29, 1.82) is 0 Å². The standard InChI is InChI=1S/C28H44O4/c1-25(2,3)17-27(7,8)31-23(29)20-15-11-13-19-14-12-16-21(22(19)20)24(30)32-28(9,10)18-26(4,5)6/h11,13,15,21H,12,14,16-18H2,1-10H3. The summed E-state index contributed by atoms with van der Waals surface area (Å²) in [4.78, 5) is 26.6. The van der Waals surface area contributed by atoms with E-state index in [4.69, 9.17) is 9.47 Å². The van der Waals surface area contributed by atoms with Gasteiger partial charge in [0.1, 0.15) is 11.2 Å². The first-order valence-corrected chi connectivity index (χ1v) is 12.0. The van der Waals surface area contributed by atoms with Crippen molar-refractivity contribution in [3.8, 4) is 0 Å². The Kier molecular flexibility index (Phi) is 7.59. The van der Waals surface area contributed by atoms with Gasteiger partial charge in [-0.05, 0) is 87.8 Å². The summed E-state index contributed by atoms with van der Waals surface area (Å²) in [5.74, 6) is -1.04. The zero-order valence-electron chi connectivity index (χ0n) is 22.0. The van der Waals surface area contributed by atoms with E-state index < -0.39 is 17.1 Å². The van der Waals surface area contributed by atoms with Crippen LogP contribution in [-0.4, -0.2) is 23.1 Å². The summed E-state index contributed by atoms with van der Waals surface area (Å²) in [5.41, 5.74) is 1.25. The van der Waals surface area contributed by atoms with Crippen molar-refractivity contribution in [2.45, 2.75) is 118 Å². The highest BCUT2D eigenvalue weighted by Gasteiger charge is 2.38. The fourth-order valence-corrected chi connectivity index (χ4v) is 5.57. The van der Waals surface area contributed by atoms with Crippen LogP contribution in [0.25, 0.3) is 0 Å². The average molecular weight is 445 g/mol. The largest absolute Gasteiger partial charge is 0.459 e. The fraction of sp³-hybridized carbons (Fsp3) is 0.714. The minimum Gasteiger partial charge on any atom is -0.459 e. The molecule has 0 fully saturated rings.